The van der Waals surface area contributed by atoms with Gasteiger partial charge >= 0.3 is 0 Å². The van der Waals surface area contributed by atoms with Crippen LogP contribution < -0.4 is 10.6 Å². The lowest BCUT2D eigenvalue weighted by atomic mass is 9.61. The number of carbonyl (C=O) groups excluding carboxylic acids is 2. The van der Waals surface area contributed by atoms with Gasteiger partial charge in [0.1, 0.15) is 0 Å². The zero-order valence-electron chi connectivity index (χ0n) is 20.1. The first-order valence-corrected chi connectivity index (χ1v) is 12.6. The highest BCUT2D eigenvalue weighted by Crippen LogP contribution is 2.49. The Morgan fingerprint density at radius 2 is 1.72 bits per heavy atom. The van der Waals surface area contributed by atoms with Gasteiger partial charge in [0.2, 0.25) is 11.8 Å². The summed E-state index contributed by atoms with van der Waals surface area (Å²) >= 11 is 0. The van der Waals surface area contributed by atoms with E-state index in [4.69, 9.17) is 0 Å². The molecule has 3 heterocycles. The molecule has 1 saturated carbocycles. The summed E-state index contributed by atoms with van der Waals surface area (Å²) < 4.78 is 0. The largest absolute Gasteiger partial charge is 0.356 e. The Bertz CT molecular complexity index is 722. The van der Waals surface area contributed by atoms with Crippen LogP contribution in [0.3, 0.4) is 0 Å². The van der Waals surface area contributed by atoms with Gasteiger partial charge in [-0.2, -0.15) is 0 Å². The molecule has 4 fully saturated rings. The van der Waals surface area contributed by atoms with Crippen molar-refractivity contribution in [2.24, 2.45) is 23.2 Å². The van der Waals surface area contributed by atoms with Gasteiger partial charge in [0, 0.05) is 32.5 Å². The Morgan fingerprint density at radius 3 is 2.44 bits per heavy atom. The summed E-state index contributed by atoms with van der Waals surface area (Å²) in [5, 5.41) is 5.90. The zero-order chi connectivity index (χ0) is 23.1. The molecule has 32 heavy (non-hydrogen) atoms. The third-order valence-corrected chi connectivity index (χ3v) is 8.22. The first-order valence-electron chi connectivity index (χ1n) is 12.6. The monoisotopic (exact) mass is 441 g/mol. The Hall–Kier alpha value is -1.88. The van der Waals surface area contributed by atoms with E-state index in [1.807, 2.05) is 0 Å². The standard InChI is InChI=1S/C27H43N3O2/c1-5-27(4)13-9-23-17-24(27)21(3)19-30-15-11-22(12-16-30)7-6-8-25(31)28-14-10-26(32)29-18-20(23)2/h5,22-24H,1-3,6-19H2,4H3,(H,28,31)(H,29,32)/t23-,24+,27-/m1/s1. The lowest BCUT2D eigenvalue weighted by Crippen LogP contribution is -2.41. The average Bonchev–Trinajstić information content (AvgIpc) is 2.78. The maximum absolute atomic E-state index is 12.2. The molecule has 0 unspecified atom stereocenters. The summed E-state index contributed by atoms with van der Waals surface area (Å²) in [5.41, 5.74) is 2.49. The van der Waals surface area contributed by atoms with E-state index in [0.29, 0.717) is 43.7 Å². The number of nitrogens with zero attached hydrogens (tertiary/aromatic N) is 1. The van der Waals surface area contributed by atoms with Crippen molar-refractivity contribution < 1.29 is 9.59 Å². The fourth-order valence-electron chi connectivity index (χ4n) is 5.81. The van der Waals surface area contributed by atoms with Crippen molar-refractivity contribution in [2.75, 3.05) is 32.7 Å². The Kier molecular flexibility index (Phi) is 8.75. The van der Waals surface area contributed by atoms with E-state index in [1.165, 1.54) is 18.4 Å². The summed E-state index contributed by atoms with van der Waals surface area (Å²) in [6, 6.07) is 0. The molecule has 0 radical (unpaired) electrons. The van der Waals surface area contributed by atoms with Gasteiger partial charge in [-0.15, -0.1) is 6.58 Å². The van der Waals surface area contributed by atoms with Crippen LogP contribution in [-0.2, 0) is 9.59 Å². The fourth-order valence-corrected chi connectivity index (χ4v) is 5.81. The smallest absolute Gasteiger partial charge is 0.222 e. The third kappa shape index (κ3) is 6.57. The average molecular weight is 442 g/mol. The Labute approximate surface area is 194 Å². The molecule has 3 aliphatic heterocycles. The van der Waals surface area contributed by atoms with E-state index in [9.17, 15) is 9.59 Å². The van der Waals surface area contributed by atoms with E-state index in [0.717, 1.165) is 57.3 Å². The molecule has 3 saturated heterocycles. The quantitative estimate of drug-likeness (QED) is 0.599. The van der Waals surface area contributed by atoms with Crippen LogP contribution in [0.4, 0.5) is 0 Å². The van der Waals surface area contributed by atoms with Gasteiger partial charge < -0.3 is 10.6 Å². The molecule has 2 amide bonds. The van der Waals surface area contributed by atoms with Crippen molar-refractivity contribution in [3.63, 3.8) is 0 Å². The van der Waals surface area contributed by atoms with Gasteiger partial charge in [0.25, 0.3) is 0 Å². The molecule has 0 aromatic heterocycles. The van der Waals surface area contributed by atoms with Gasteiger partial charge in [-0.3, -0.25) is 14.5 Å². The topological polar surface area (TPSA) is 61.4 Å². The van der Waals surface area contributed by atoms with Gasteiger partial charge in [0.05, 0.1) is 0 Å². The maximum atomic E-state index is 12.2. The molecule has 5 nitrogen and oxygen atoms in total. The first kappa shape index (κ1) is 24.8. The molecular weight excluding hydrogens is 398 g/mol. The van der Waals surface area contributed by atoms with Crippen LogP contribution >= 0.6 is 0 Å². The minimum atomic E-state index is -0.0290. The summed E-state index contributed by atoms with van der Waals surface area (Å²) in [6.07, 6.45) is 10.6. The van der Waals surface area contributed by atoms with Crippen molar-refractivity contribution >= 4 is 11.8 Å². The number of piperidine rings is 1. The summed E-state index contributed by atoms with van der Waals surface area (Å²) in [7, 11) is 0. The molecule has 4 bridgehead atoms. The van der Waals surface area contributed by atoms with Gasteiger partial charge in [-0.25, -0.2) is 0 Å². The minimum absolute atomic E-state index is 0.0290. The van der Waals surface area contributed by atoms with Gasteiger partial charge in [-0.05, 0) is 81.2 Å². The number of nitrogens with one attached hydrogen (secondary N) is 2. The van der Waals surface area contributed by atoms with E-state index < -0.39 is 0 Å². The molecule has 0 aromatic rings. The van der Waals surface area contributed by atoms with E-state index in [2.05, 4.69) is 48.3 Å². The molecule has 178 valence electrons. The van der Waals surface area contributed by atoms with E-state index in [1.54, 1.807) is 0 Å². The highest BCUT2D eigenvalue weighted by atomic mass is 16.2. The number of rotatable bonds is 1. The molecule has 5 heteroatoms. The Balaban J connectivity index is 1.69. The maximum Gasteiger partial charge on any atom is 0.222 e. The number of hydrogen-bond donors (Lipinski definition) is 2. The highest BCUT2D eigenvalue weighted by molar-refractivity contribution is 5.79. The molecular formula is C27H43N3O2. The SMILES string of the molecule is C=C[C@]1(C)CC[C@@H]2C[C@H]1C(=C)CN1CCC(CCCC(=O)NCCC(=O)NCC2=C)CC1. The zero-order valence-corrected chi connectivity index (χ0v) is 20.1. The highest BCUT2D eigenvalue weighted by Gasteiger charge is 2.40. The summed E-state index contributed by atoms with van der Waals surface area (Å²) in [5.74, 6) is 1.53. The number of amides is 2. The van der Waals surface area contributed by atoms with Crippen LogP contribution in [0.15, 0.2) is 37.0 Å². The second-order valence-corrected chi connectivity index (χ2v) is 10.5. The number of allylic oxidation sites excluding steroid dienone is 1. The van der Waals surface area contributed by atoms with E-state index in [-0.39, 0.29) is 17.2 Å². The summed E-state index contributed by atoms with van der Waals surface area (Å²) in [4.78, 5) is 26.9. The molecule has 4 rings (SSSR count). The van der Waals surface area contributed by atoms with Crippen LogP contribution in [0.1, 0.15) is 64.7 Å². The number of hydrogen-bond acceptors (Lipinski definition) is 3. The predicted molar refractivity (Wildman–Crippen MR) is 131 cm³/mol. The molecule has 4 aliphatic rings. The van der Waals surface area contributed by atoms with E-state index >= 15 is 0 Å². The second-order valence-electron chi connectivity index (χ2n) is 10.5. The van der Waals surface area contributed by atoms with Crippen LogP contribution in [0.25, 0.3) is 0 Å². The predicted octanol–water partition coefficient (Wildman–Crippen LogP) is 4.23. The fraction of sp³-hybridized carbons (Fsp3) is 0.704. The van der Waals surface area contributed by atoms with Crippen molar-refractivity contribution in [1.29, 1.82) is 0 Å². The summed E-state index contributed by atoms with van der Waals surface area (Å²) in [6.45, 7) is 19.5. The van der Waals surface area contributed by atoms with Crippen LogP contribution in [0.2, 0.25) is 0 Å². The van der Waals surface area contributed by atoms with Crippen LogP contribution in [0, 0.1) is 23.2 Å². The van der Waals surface area contributed by atoms with Gasteiger partial charge in [-0.1, -0.05) is 37.3 Å². The molecule has 1 aliphatic carbocycles. The third-order valence-electron chi connectivity index (χ3n) is 8.22. The van der Waals surface area contributed by atoms with Crippen molar-refractivity contribution in [2.45, 2.75) is 64.7 Å². The van der Waals surface area contributed by atoms with Gasteiger partial charge in [0.15, 0.2) is 0 Å². The van der Waals surface area contributed by atoms with Crippen molar-refractivity contribution in [3.8, 4) is 0 Å². The van der Waals surface area contributed by atoms with Crippen molar-refractivity contribution in [1.82, 2.24) is 15.5 Å². The van der Waals surface area contributed by atoms with Crippen LogP contribution in [-0.4, -0.2) is 49.4 Å². The Morgan fingerprint density at radius 1 is 1.00 bits per heavy atom. The molecule has 3 atom stereocenters. The molecule has 2 N–H and O–H groups in total. The normalized spacial score (nSPS) is 36.2. The first-order chi connectivity index (χ1) is 15.3. The number of carbonyl (C=O) groups is 2. The lowest BCUT2D eigenvalue weighted by Gasteiger charge is -2.45. The molecule has 0 aromatic carbocycles. The van der Waals surface area contributed by atoms with Crippen molar-refractivity contribution in [3.05, 3.63) is 37.0 Å². The molecule has 0 spiro atoms. The minimum Gasteiger partial charge on any atom is -0.356 e. The number of fused-ring (bicyclic) bond motifs is 13. The second kappa shape index (κ2) is 11.3. The lowest BCUT2D eigenvalue weighted by molar-refractivity contribution is -0.122. The van der Waals surface area contributed by atoms with Crippen LogP contribution in [0.5, 0.6) is 0 Å².